The zero-order valence-corrected chi connectivity index (χ0v) is 23.2. The van der Waals surface area contributed by atoms with Crippen LogP contribution >= 0.6 is 0 Å². The number of aliphatic carboxylic acids is 4. The maximum absolute atomic E-state index is 10.2. The van der Waals surface area contributed by atoms with Crippen molar-refractivity contribution in [1.82, 2.24) is 5.32 Å². The average molecular weight is 595 g/mol. The molecule has 0 amide bonds. The molecular weight excluding hydrogens is 552 g/mol. The fourth-order valence-corrected chi connectivity index (χ4v) is 2.67. The van der Waals surface area contributed by atoms with Gasteiger partial charge in [0.15, 0.2) is 5.96 Å². The number of carboxylic acid groups (broad SMARTS) is 4. The molecule has 15 nitrogen and oxygen atoms in total. The highest BCUT2D eigenvalue weighted by molar-refractivity contribution is 5.75. The first-order valence-corrected chi connectivity index (χ1v) is 12.7. The normalized spacial score (nSPS) is 10.9. The van der Waals surface area contributed by atoms with Gasteiger partial charge in [-0.3, -0.25) is 24.6 Å². The smallest absolute Gasteiger partial charge is 0.320 e. The third-order valence-electron chi connectivity index (χ3n) is 4.88. The van der Waals surface area contributed by atoms with Crippen LogP contribution in [-0.4, -0.2) is 80.5 Å². The molecule has 0 fully saturated rings. The molecule has 0 spiro atoms. The van der Waals surface area contributed by atoms with Crippen molar-refractivity contribution in [3.8, 4) is 5.75 Å². The van der Waals surface area contributed by atoms with Gasteiger partial charge in [-0.15, -0.1) is 0 Å². The average Bonchev–Trinajstić information content (AvgIpc) is 2.92. The van der Waals surface area contributed by atoms with Crippen LogP contribution in [0, 0.1) is 5.41 Å². The zero-order chi connectivity index (χ0) is 32.5. The van der Waals surface area contributed by atoms with Gasteiger partial charge in [0, 0.05) is 13.0 Å². The number of hydrogen-bond donors (Lipinski definition) is 11. The number of phenols is 1. The highest BCUT2D eigenvalue weighted by atomic mass is 16.4. The highest BCUT2D eigenvalue weighted by Crippen LogP contribution is 2.09. The maximum Gasteiger partial charge on any atom is 0.320 e. The van der Waals surface area contributed by atoms with E-state index in [0.29, 0.717) is 24.9 Å². The SMILES string of the molecule is N=C(N)NCCC[C@@H](N)C(=O)O.NCCc1ccccc1.N[C@@H](CCC(=O)O)C(=O)O.O=C(O)Cc1ccc(O)cc1. The molecule has 0 aliphatic rings. The van der Waals surface area contributed by atoms with Gasteiger partial charge in [0.05, 0.1) is 6.42 Å². The van der Waals surface area contributed by atoms with Gasteiger partial charge in [-0.05, 0) is 55.5 Å². The van der Waals surface area contributed by atoms with E-state index in [1.54, 1.807) is 12.1 Å². The Kier molecular flexibility index (Phi) is 22.6. The summed E-state index contributed by atoms with van der Waals surface area (Å²) in [4.78, 5) is 40.3. The van der Waals surface area contributed by atoms with Gasteiger partial charge in [0.25, 0.3) is 0 Å². The van der Waals surface area contributed by atoms with Gasteiger partial charge in [-0.2, -0.15) is 0 Å². The molecule has 42 heavy (non-hydrogen) atoms. The van der Waals surface area contributed by atoms with Crippen LogP contribution in [-0.2, 0) is 32.0 Å². The molecular formula is C27H42N6O9. The van der Waals surface area contributed by atoms with Crippen molar-refractivity contribution >= 4 is 29.8 Å². The van der Waals surface area contributed by atoms with Gasteiger partial charge in [0.1, 0.15) is 17.8 Å². The second kappa shape index (κ2) is 24.1. The zero-order valence-electron chi connectivity index (χ0n) is 23.2. The molecule has 0 unspecified atom stereocenters. The Labute approximate surface area is 243 Å². The summed E-state index contributed by atoms with van der Waals surface area (Å²) >= 11 is 0. The van der Waals surface area contributed by atoms with E-state index in [9.17, 15) is 19.2 Å². The third-order valence-corrected chi connectivity index (χ3v) is 4.88. The molecule has 2 aromatic rings. The standard InChI is InChI=1S/C8H11N.C8H8O3.C6H14N4O2.C5H9NO4/c9-7-6-8-4-2-1-3-5-8;9-7-3-1-6(2-4-7)5-8(10)11;7-4(5(11)12)2-1-3-10-6(8)9;6-3(5(9)10)1-2-4(7)8/h1-5H,6-7,9H2;1-4,9H,5H2,(H,10,11);4H,1-3,7H2,(H,11,12)(H4,8,9,10);3H,1-2,6H2,(H,7,8)(H,9,10)/t;;4-;3-/m..10/s1. The van der Waals surface area contributed by atoms with Crippen LogP contribution in [0.3, 0.4) is 0 Å². The van der Waals surface area contributed by atoms with Crippen molar-refractivity contribution in [3.63, 3.8) is 0 Å². The van der Waals surface area contributed by atoms with Gasteiger partial charge in [-0.25, -0.2) is 0 Å². The molecule has 2 rings (SSSR count). The molecule has 2 atom stereocenters. The highest BCUT2D eigenvalue weighted by Gasteiger charge is 2.12. The van der Waals surface area contributed by atoms with Crippen molar-refractivity contribution < 1.29 is 44.7 Å². The number of aromatic hydroxyl groups is 1. The Bertz CT molecular complexity index is 1070. The van der Waals surface area contributed by atoms with Gasteiger partial charge in [0.2, 0.25) is 0 Å². The Morgan fingerprint density at radius 3 is 1.74 bits per heavy atom. The Morgan fingerprint density at radius 1 is 0.786 bits per heavy atom. The first-order valence-electron chi connectivity index (χ1n) is 12.7. The Hall–Kier alpha value is -4.73. The number of rotatable bonds is 13. The number of benzene rings is 2. The van der Waals surface area contributed by atoms with Crippen LogP contribution in [0.25, 0.3) is 0 Å². The van der Waals surface area contributed by atoms with Crippen molar-refractivity contribution in [3.05, 3.63) is 65.7 Å². The Balaban J connectivity index is 0. The molecule has 15 heteroatoms. The molecule has 0 radical (unpaired) electrons. The topological polar surface area (TPSA) is 309 Å². The summed E-state index contributed by atoms with van der Waals surface area (Å²) in [5.74, 6) is -4.02. The molecule has 0 bridgehead atoms. The fraction of sp³-hybridized carbons (Fsp3) is 0.370. The molecule has 0 saturated carbocycles. The lowest BCUT2D eigenvalue weighted by molar-refractivity contribution is -0.140. The molecule has 0 aliphatic carbocycles. The summed E-state index contributed by atoms with van der Waals surface area (Å²) in [6, 6.07) is 14.5. The van der Waals surface area contributed by atoms with E-state index in [-0.39, 0.29) is 31.0 Å². The summed E-state index contributed by atoms with van der Waals surface area (Å²) in [5, 5.41) is 51.2. The van der Waals surface area contributed by atoms with Crippen molar-refractivity contribution in [2.24, 2.45) is 22.9 Å². The summed E-state index contributed by atoms with van der Waals surface area (Å²) in [6.07, 6.45) is 1.74. The van der Waals surface area contributed by atoms with E-state index in [1.807, 2.05) is 18.2 Å². The lowest BCUT2D eigenvalue weighted by atomic mass is 10.1. The first-order chi connectivity index (χ1) is 19.7. The first kappa shape index (κ1) is 39.4. The lowest BCUT2D eigenvalue weighted by Crippen LogP contribution is -2.34. The number of hydrogen-bond acceptors (Lipinski definition) is 9. The summed E-state index contributed by atoms with van der Waals surface area (Å²) in [7, 11) is 0. The third kappa shape index (κ3) is 25.5. The van der Waals surface area contributed by atoms with Crippen LogP contribution in [0.15, 0.2) is 54.6 Å². The quantitative estimate of drug-likeness (QED) is 0.0834. The predicted molar refractivity (Wildman–Crippen MR) is 156 cm³/mol. The van der Waals surface area contributed by atoms with Crippen molar-refractivity contribution in [1.29, 1.82) is 5.41 Å². The number of carboxylic acids is 4. The lowest BCUT2D eigenvalue weighted by Gasteiger charge is -2.06. The summed E-state index contributed by atoms with van der Waals surface area (Å²) in [5.41, 5.74) is 22.6. The van der Waals surface area contributed by atoms with E-state index in [0.717, 1.165) is 13.0 Å². The Morgan fingerprint density at radius 2 is 1.31 bits per heavy atom. The monoisotopic (exact) mass is 594 g/mol. The van der Waals surface area contributed by atoms with Crippen molar-refractivity contribution in [2.75, 3.05) is 13.1 Å². The molecule has 0 saturated heterocycles. The molecule has 2 aromatic carbocycles. The second-order valence-electron chi connectivity index (χ2n) is 8.57. The van der Waals surface area contributed by atoms with Crippen LogP contribution in [0.2, 0.25) is 0 Å². The minimum absolute atomic E-state index is 0.000278. The van der Waals surface area contributed by atoms with Crippen molar-refractivity contribution in [2.45, 2.75) is 50.6 Å². The predicted octanol–water partition coefficient (Wildman–Crippen LogP) is 0.132. The van der Waals surface area contributed by atoms with Gasteiger partial charge < -0.3 is 53.8 Å². The largest absolute Gasteiger partial charge is 0.508 e. The molecule has 234 valence electrons. The number of nitrogens with one attached hydrogen (secondary N) is 2. The van der Waals surface area contributed by atoms with Crippen LogP contribution in [0.1, 0.15) is 36.8 Å². The maximum atomic E-state index is 10.2. The van der Waals surface area contributed by atoms with Crippen LogP contribution in [0.4, 0.5) is 0 Å². The van der Waals surface area contributed by atoms with E-state index in [2.05, 4.69) is 17.4 Å². The van der Waals surface area contributed by atoms with E-state index in [1.165, 1.54) is 17.7 Å². The fourth-order valence-electron chi connectivity index (χ4n) is 2.67. The molecule has 0 heterocycles. The van der Waals surface area contributed by atoms with Crippen LogP contribution < -0.4 is 28.3 Å². The summed E-state index contributed by atoms with van der Waals surface area (Å²) < 4.78 is 0. The molecule has 0 aliphatic heterocycles. The minimum Gasteiger partial charge on any atom is -0.508 e. The molecule has 15 N–H and O–H groups in total. The summed E-state index contributed by atoms with van der Waals surface area (Å²) in [6.45, 7) is 1.22. The minimum atomic E-state index is -1.17. The number of guanidine groups is 1. The number of carbonyl (C=O) groups is 4. The second-order valence-corrected chi connectivity index (χ2v) is 8.57. The van der Waals surface area contributed by atoms with E-state index >= 15 is 0 Å². The van der Waals surface area contributed by atoms with E-state index in [4.69, 9.17) is 53.9 Å². The number of nitrogens with two attached hydrogens (primary N) is 4. The molecule has 0 aromatic heterocycles. The van der Waals surface area contributed by atoms with Crippen LogP contribution in [0.5, 0.6) is 5.75 Å². The van der Waals surface area contributed by atoms with Gasteiger partial charge >= 0.3 is 23.9 Å². The number of phenolic OH excluding ortho intramolecular Hbond substituents is 1. The van der Waals surface area contributed by atoms with E-state index < -0.39 is 36.0 Å². The van der Waals surface area contributed by atoms with Gasteiger partial charge in [-0.1, -0.05) is 42.5 Å².